The average molecular weight is 143 g/mol. The summed E-state index contributed by atoms with van der Waals surface area (Å²) in [6, 6.07) is 0. The molecule has 0 fully saturated rings. The molecule has 0 saturated heterocycles. The summed E-state index contributed by atoms with van der Waals surface area (Å²) >= 11 is 0. The molecule has 60 valence electrons. The Labute approximate surface area is 62.9 Å². The normalized spacial score (nSPS) is 13.9. The van der Waals surface area contributed by atoms with Gasteiger partial charge >= 0.3 is 0 Å². The highest BCUT2D eigenvalue weighted by Gasteiger charge is 1.88. The predicted octanol–water partition coefficient (Wildman–Crippen LogP) is 0.580. The van der Waals surface area contributed by atoms with Gasteiger partial charge in [0.2, 0.25) is 0 Å². The second kappa shape index (κ2) is 6.55. The van der Waals surface area contributed by atoms with E-state index in [9.17, 15) is 0 Å². The average Bonchev–Trinajstić information content (AvgIpc) is 1.98. The largest absolute Gasteiger partial charge is 0.361 e. The molecule has 1 unspecified atom stereocenters. The van der Waals surface area contributed by atoms with Gasteiger partial charge in [-0.3, -0.25) is 4.99 Å². The molecule has 0 saturated carbocycles. The molecule has 1 atom stereocenters. The topological polar surface area (TPSA) is 36.4 Å². The molecule has 0 aromatic carbocycles. The maximum atomic E-state index is 4.10. The lowest BCUT2D eigenvalue weighted by molar-refractivity contribution is 0.582. The Kier molecular flexibility index (Phi) is 6.18. The van der Waals surface area contributed by atoms with E-state index in [1.54, 1.807) is 6.34 Å². The minimum atomic E-state index is 0.306. The molecule has 3 heteroatoms. The van der Waals surface area contributed by atoms with Crippen LogP contribution < -0.4 is 10.6 Å². The Morgan fingerprint density at radius 1 is 1.60 bits per heavy atom. The number of aliphatic imine (C=N–C) groups is 1. The fraction of sp³-hybridized carbons (Fsp3) is 0.857. The molecule has 0 spiro atoms. The first-order valence-corrected chi connectivity index (χ1v) is 3.72. The zero-order valence-electron chi connectivity index (χ0n) is 7.02. The monoisotopic (exact) mass is 143 g/mol. The standard InChI is InChI=1S/C7H17N3/c1-4-5-9-6-10-7(2)8-3/h6-8H,4-5H2,1-3H3,(H,9,10). The quantitative estimate of drug-likeness (QED) is 0.335. The van der Waals surface area contributed by atoms with Crippen molar-refractivity contribution in [3.8, 4) is 0 Å². The highest BCUT2D eigenvalue weighted by molar-refractivity contribution is 5.54. The van der Waals surface area contributed by atoms with Gasteiger partial charge in [0.05, 0.1) is 12.5 Å². The molecule has 0 aliphatic rings. The van der Waals surface area contributed by atoms with E-state index in [1.807, 2.05) is 14.0 Å². The van der Waals surface area contributed by atoms with E-state index in [-0.39, 0.29) is 0 Å². The number of hydrogen-bond donors (Lipinski definition) is 2. The Hall–Kier alpha value is -0.570. The van der Waals surface area contributed by atoms with Crippen LogP contribution in [0, 0.1) is 0 Å². The summed E-state index contributed by atoms with van der Waals surface area (Å²) in [7, 11) is 1.91. The van der Waals surface area contributed by atoms with Crippen LogP contribution >= 0.6 is 0 Å². The van der Waals surface area contributed by atoms with Crippen molar-refractivity contribution in [3.05, 3.63) is 0 Å². The Bertz CT molecular complexity index is 90.9. The molecule has 0 aliphatic heterocycles. The molecule has 0 heterocycles. The van der Waals surface area contributed by atoms with Gasteiger partial charge in [-0.1, -0.05) is 6.92 Å². The Morgan fingerprint density at radius 2 is 2.30 bits per heavy atom. The van der Waals surface area contributed by atoms with Crippen molar-refractivity contribution in [1.29, 1.82) is 0 Å². The van der Waals surface area contributed by atoms with E-state index < -0.39 is 0 Å². The van der Waals surface area contributed by atoms with E-state index in [0.29, 0.717) is 6.17 Å². The van der Waals surface area contributed by atoms with Gasteiger partial charge in [0.15, 0.2) is 0 Å². The first-order chi connectivity index (χ1) is 4.81. The predicted molar refractivity (Wildman–Crippen MR) is 45.3 cm³/mol. The van der Waals surface area contributed by atoms with Gasteiger partial charge in [-0.05, 0) is 20.4 Å². The van der Waals surface area contributed by atoms with Crippen LogP contribution in [0.15, 0.2) is 4.99 Å². The van der Waals surface area contributed by atoms with Gasteiger partial charge in [0.1, 0.15) is 0 Å². The van der Waals surface area contributed by atoms with Crippen LogP contribution in [0.2, 0.25) is 0 Å². The summed E-state index contributed by atoms with van der Waals surface area (Å²) in [5, 5.41) is 6.10. The van der Waals surface area contributed by atoms with Crippen molar-refractivity contribution >= 4 is 6.34 Å². The zero-order chi connectivity index (χ0) is 7.82. The van der Waals surface area contributed by atoms with Crippen LogP contribution in [0.1, 0.15) is 20.3 Å². The first kappa shape index (κ1) is 9.43. The van der Waals surface area contributed by atoms with Gasteiger partial charge < -0.3 is 10.6 Å². The maximum absolute atomic E-state index is 4.10. The second-order valence-corrected chi connectivity index (χ2v) is 2.21. The van der Waals surface area contributed by atoms with Crippen molar-refractivity contribution in [3.63, 3.8) is 0 Å². The van der Waals surface area contributed by atoms with Crippen molar-refractivity contribution < 1.29 is 0 Å². The Balaban J connectivity index is 3.16. The minimum Gasteiger partial charge on any atom is -0.361 e. The van der Waals surface area contributed by atoms with Crippen LogP contribution in [0.3, 0.4) is 0 Å². The molecule has 10 heavy (non-hydrogen) atoms. The van der Waals surface area contributed by atoms with E-state index in [4.69, 9.17) is 0 Å². The van der Waals surface area contributed by atoms with E-state index >= 15 is 0 Å². The molecule has 0 aromatic heterocycles. The molecule has 0 aliphatic carbocycles. The lowest BCUT2D eigenvalue weighted by atomic mass is 10.5. The van der Waals surface area contributed by atoms with Gasteiger partial charge in [0.25, 0.3) is 0 Å². The molecule has 2 N–H and O–H groups in total. The lowest BCUT2D eigenvalue weighted by Gasteiger charge is -2.07. The van der Waals surface area contributed by atoms with Gasteiger partial charge in [-0.2, -0.15) is 0 Å². The summed E-state index contributed by atoms with van der Waals surface area (Å²) in [6.07, 6.45) is 3.16. The molecule has 0 aromatic rings. The molecule has 0 radical (unpaired) electrons. The molecular formula is C7H17N3. The second-order valence-electron chi connectivity index (χ2n) is 2.21. The highest BCUT2D eigenvalue weighted by Crippen LogP contribution is 1.74. The van der Waals surface area contributed by atoms with Gasteiger partial charge in [0, 0.05) is 6.54 Å². The number of nitrogens with zero attached hydrogens (tertiary/aromatic N) is 1. The summed E-state index contributed by atoms with van der Waals surface area (Å²) < 4.78 is 0. The van der Waals surface area contributed by atoms with Crippen LogP contribution in [0.5, 0.6) is 0 Å². The number of rotatable bonds is 5. The molecule has 0 amide bonds. The summed E-state index contributed by atoms with van der Waals surface area (Å²) in [4.78, 5) is 4.10. The lowest BCUT2D eigenvalue weighted by Crippen LogP contribution is -2.36. The zero-order valence-corrected chi connectivity index (χ0v) is 7.02. The van der Waals surface area contributed by atoms with E-state index in [2.05, 4.69) is 22.5 Å². The summed E-state index contributed by atoms with van der Waals surface area (Å²) in [5.41, 5.74) is 0. The molecule has 0 rings (SSSR count). The first-order valence-electron chi connectivity index (χ1n) is 3.72. The Morgan fingerprint density at radius 3 is 2.80 bits per heavy atom. The smallest absolute Gasteiger partial charge is 0.0835 e. The summed E-state index contributed by atoms with van der Waals surface area (Å²) in [6.45, 7) is 5.06. The van der Waals surface area contributed by atoms with Gasteiger partial charge in [-0.15, -0.1) is 0 Å². The minimum absolute atomic E-state index is 0.306. The van der Waals surface area contributed by atoms with Crippen LogP contribution in [-0.4, -0.2) is 26.1 Å². The molecule has 3 nitrogen and oxygen atoms in total. The van der Waals surface area contributed by atoms with Crippen LogP contribution in [-0.2, 0) is 0 Å². The van der Waals surface area contributed by atoms with Crippen molar-refractivity contribution in [1.82, 2.24) is 10.6 Å². The van der Waals surface area contributed by atoms with Crippen LogP contribution in [0.25, 0.3) is 0 Å². The summed E-state index contributed by atoms with van der Waals surface area (Å²) in [5.74, 6) is 0. The fourth-order valence-corrected chi connectivity index (χ4v) is 0.441. The van der Waals surface area contributed by atoms with E-state index in [0.717, 1.165) is 13.0 Å². The van der Waals surface area contributed by atoms with Gasteiger partial charge in [-0.25, -0.2) is 0 Å². The van der Waals surface area contributed by atoms with Crippen molar-refractivity contribution in [2.75, 3.05) is 13.6 Å². The van der Waals surface area contributed by atoms with Crippen molar-refractivity contribution in [2.24, 2.45) is 4.99 Å². The fourth-order valence-electron chi connectivity index (χ4n) is 0.441. The van der Waals surface area contributed by atoms with Crippen molar-refractivity contribution in [2.45, 2.75) is 26.4 Å². The third kappa shape index (κ3) is 5.56. The van der Waals surface area contributed by atoms with E-state index in [1.165, 1.54) is 0 Å². The third-order valence-corrected chi connectivity index (χ3v) is 1.20. The number of nitrogens with one attached hydrogen (secondary N) is 2. The number of hydrogen-bond acceptors (Lipinski definition) is 2. The molecule has 0 bridgehead atoms. The third-order valence-electron chi connectivity index (χ3n) is 1.20. The highest BCUT2D eigenvalue weighted by atomic mass is 15.1. The maximum Gasteiger partial charge on any atom is 0.0835 e. The SMILES string of the molecule is CCCN=CNC(C)NC. The molecular weight excluding hydrogens is 126 g/mol. The van der Waals surface area contributed by atoms with Crippen LogP contribution in [0.4, 0.5) is 0 Å².